The van der Waals surface area contributed by atoms with Crippen LogP contribution >= 0.6 is 0 Å². The van der Waals surface area contributed by atoms with Crippen molar-refractivity contribution in [3.63, 3.8) is 0 Å². The highest BCUT2D eigenvalue weighted by atomic mass is 16.3. The van der Waals surface area contributed by atoms with Crippen molar-refractivity contribution in [1.82, 2.24) is 10.2 Å². The third-order valence-electron chi connectivity index (χ3n) is 4.28. The zero-order valence-electron chi connectivity index (χ0n) is 14.4. The fraction of sp³-hybridized carbons (Fsp3) is 0.350. The van der Waals surface area contributed by atoms with Gasteiger partial charge in [-0.25, -0.2) is 0 Å². The first kappa shape index (κ1) is 18.2. The Bertz CT molecular complexity index is 639. The van der Waals surface area contributed by atoms with Gasteiger partial charge in [0.05, 0.1) is 6.61 Å². The van der Waals surface area contributed by atoms with Crippen molar-refractivity contribution in [2.45, 2.75) is 33.0 Å². The van der Waals surface area contributed by atoms with Gasteiger partial charge in [0.1, 0.15) is 6.04 Å². The fourth-order valence-electron chi connectivity index (χ4n) is 2.92. The van der Waals surface area contributed by atoms with Crippen molar-refractivity contribution in [2.24, 2.45) is 0 Å². The Hall–Kier alpha value is -2.17. The van der Waals surface area contributed by atoms with Crippen molar-refractivity contribution in [3.8, 4) is 0 Å². The highest BCUT2D eigenvalue weighted by molar-refractivity contribution is 5.83. The van der Waals surface area contributed by atoms with E-state index in [2.05, 4.69) is 24.1 Å². The molecule has 0 bridgehead atoms. The summed E-state index contributed by atoms with van der Waals surface area (Å²) in [6.45, 7) is 6.12. The number of aliphatic hydroxyl groups is 1. The van der Waals surface area contributed by atoms with Crippen molar-refractivity contribution < 1.29 is 9.90 Å². The first-order valence-electron chi connectivity index (χ1n) is 8.45. The number of likely N-dealkylation sites (N-methyl/N-ethyl adjacent to an activating group) is 1. The van der Waals surface area contributed by atoms with Crippen molar-refractivity contribution in [2.75, 3.05) is 13.1 Å². The fourth-order valence-corrected chi connectivity index (χ4v) is 2.92. The number of benzene rings is 2. The van der Waals surface area contributed by atoms with E-state index in [0.717, 1.165) is 29.8 Å². The summed E-state index contributed by atoms with van der Waals surface area (Å²) in [5.74, 6) is -0.0161. The molecule has 0 aliphatic carbocycles. The van der Waals surface area contributed by atoms with Gasteiger partial charge in [-0.2, -0.15) is 0 Å². The SMILES string of the molecule is CCN(CC)C(C(=O)NCc1ccccc1CO)c1ccccc1. The van der Waals surface area contributed by atoms with Gasteiger partial charge in [0.2, 0.25) is 5.91 Å². The number of carbonyl (C=O) groups excluding carboxylic acids is 1. The normalized spacial score (nSPS) is 12.2. The van der Waals surface area contributed by atoms with Crippen LogP contribution in [0.2, 0.25) is 0 Å². The number of nitrogens with zero attached hydrogens (tertiary/aromatic N) is 1. The van der Waals surface area contributed by atoms with E-state index >= 15 is 0 Å². The minimum Gasteiger partial charge on any atom is -0.392 e. The Morgan fingerprint density at radius 2 is 1.58 bits per heavy atom. The molecule has 2 rings (SSSR count). The molecule has 0 radical (unpaired) electrons. The van der Waals surface area contributed by atoms with Crippen LogP contribution in [-0.4, -0.2) is 29.0 Å². The topological polar surface area (TPSA) is 52.6 Å². The van der Waals surface area contributed by atoms with E-state index in [1.165, 1.54) is 0 Å². The minimum atomic E-state index is -0.303. The van der Waals surface area contributed by atoms with E-state index in [0.29, 0.717) is 6.54 Å². The molecule has 2 aromatic rings. The Labute approximate surface area is 144 Å². The number of carbonyl (C=O) groups is 1. The molecule has 4 heteroatoms. The molecule has 128 valence electrons. The third-order valence-corrected chi connectivity index (χ3v) is 4.28. The Kier molecular flexibility index (Phi) is 6.97. The Balaban J connectivity index is 2.16. The van der Waals surface area contributed by atoms with E-state index in [9.17, 15) is 9.90 Å². The highest BCUT2D eigenvalue weighted by Gasteiger charge is 2.25. The molecule has 0 saturated carbocycles. The monoisotopic (exact) mass is 326 g/mol. The molecule has 0 aliphatic heterocycles. The summed E-state index contributed by atoms with van der Waals surface area (Å²) in [4.78, 5) is 15.0. The van der Waals surface area contributed by atoms with Crippen molar-refractivity contribution in [3.05, 3.63) is 71.3 Å². The Morgan fingerprint density at radius 1 is 1.00 bits per heavy atom. The van der Waals surface area contributed by atoms with E-state index in [-0.39, 0.29) is 18.6 Å². The molecule has 0 fully saturated rings. The second-order valence-electron chi connectivity index (χ2n) is 5.68. The van der Waals surface area contributed by atoms with Gasteiger partial charge in [-0.3, -0.25) is 9.69 Å². The summed E-state index contributed by atoms with van der Waals surface area (Å²) in [5.41, 5.74) is 2.78. The van der Waals surface area contributed by atoms with Gasteiger partial charge in [0.15, 0.2) is 0 Å². The van der Waals surface area contributed by atoms with Crippen LogP contribution in [0.3, 0.4) is 0 Å². The van der Waals surface area contributed by atoms with Crippen LogP contribution in [0.5, 0.6) is 0 Å². The molecule has 2 N–H and O–H groups in total. The standard InChI is InChI=1S/C20H26N2O2/c1-3-22(4-2)19(16-10-6-5-7-11-16)20(24)21-14-17-12-8-9-13-18(17)15-23/h5-13,19,23H,3-4,14-15H2,1-2H3,(H,21,24). The van der Waals surface area contributed by atoms with Gasteiger partial charge in [-0.05, 0) is 29.8 Å². The molecule has 4 nitrogen and oxygen atoms in total. The summed E-state index contributed by atoms with van der Waals surface area (Å²) in [5, 5.41) is 12.4. The highest BCUT2D eigenvalue weighted by Crippen LogP contribution is 2.21. The molecular formula is C20H26N2O2. The van der Waals surface area contributed by atoms with Crippen LogP contribution in [0.1, 0.15) is 36.6 Å². The summed E-state index contributed by atoms with van der Waals surface area (Å²) in [7, 11) is 0. The van der Waals surface area contributed by atoms with Crippen LogP contribution < -0.4 is 5.32 Å². The van der Waals surface area contributed by atoms with Crippen LogP contribution in [0.15, 0.2) is 54.6 Å². The molecule has 0 spiro atoms. The largest absolute Gasteiger partial charge is 0.392 e. The van der Waals surface area contributed by atoms with Gasteiger partial charge in [-0.15, -0.1) is 0 Å². The van der Waals surface area contributed by atoms with Crippen LogP contribution in [0.4, 0.5) is 0 Å². The number of amides is 1. The van der Waals surface area contributed by atoms with E-state index in [1.54, 1.807) is 0 Å². The molecule has 0 heterocycles. The van der Waals surface area contributed by atoms with E-state index < -0.39 is 0 Å². The smallest absolute Gasteiger partial charge is 0.242 e. The lowest BCUT2D eigenvalue weighted by Crippen LogP contribution is -2.40. The second-order valence-corrected chi connectivity index (χ2v) is 5.68. The Morgan fingerprint density at radius 3 is 2.17 bits per heavy atom. The lowest BCUT2D eigenvalue weighted by molar-refractivity contribution is -0.126. The summed E-state index contributed by atoms with van der Waals surface area (Å²) in [6.07, 6.45) is 0. The average molecular weight is 326 g/mol. The predicted octanol–water partition coefficient (Wildman–Crippen LogP) is 2.88. The maximum absolute atomic E-state index is 12.9. The lowest BCUT2D eigenvalue weighted by atomic mass is 10.0. The first-order valence-corrected chi connectivity index (χ1v) is 8.45. The lowest BCUT2D eigenvalue weighted by Gasteiger charge is -2.29. The maximum atomic E-state index is 12.9. The van der Waals surface area contributed by atoms with Crippen molar-refractivity contribution >= 4 is 5.91 Å². The molecule has 0 aliphatic rings. The maximum Gasteiger partial charge on any atom is 0.242 e. The first-order chi connectivity index (χ1) is 11.7. The van der Waals surface area contributed by atoms with E-state index in [1.807, 2.05) is 54.6 Å². The van der Waals surface area contributed by atoms with Gasteiger partial charge in [0.25, 0.3) is 0 Å². The van der Waals surface area contributed by atoms with Crippen LogP contribution in [0, 0.1) is 0 Å². The molecule has 1 unspecified atom stereocenters. The molecule has 24 heavy (non-hydrogen) atoms. The molecule has 2 aromatic carbocycles. The van der Waals surface area contributed by atoms with Gasteiger partial charge >= 0.3 is 0 Å². The number of aliphatic hydroxyl groups excluding tert-OH is 1. The third kappa shape index (κ3) is 4.43. The summed E-state index contributed by atoms with van der Waals surface area (Å²) >= 11 is 0. The zero-order valence-corrected chi connectivity index (χ0v) is 14.4. The van der Waals surface area contributed by atoms with Gasteiger partial charge in [0, 0.05) is 6.54 Å². The predicted molar refractivity (Wildman–Crippen MR) is 96.3 cm³/mol. The number of nitrogens with one attached hydrogen (secondary N) is 1. The number of hydrogen-bond acceptors (Lipinski definition) is 3. The molecular weight excluding hydrogens is 300 g/mol. The summed E-state index contributed by atoms with van der Waals surface area (Å²) in [6, 6.07) is 17.2. The van der Waals surface area contributed by atoms with Crippen LogP contribution in [-0.2, 0) is 17.9 Å². The number of rotatable bonds is 8. The quantitative estimate of drug-likeness (QED) is 0.784. The molecule has 0 aromatic heterocycles. The number of hydrogen-bond donors (Lipinski definition) is 2. The molecule has 0 saturated heterocycles. The van der Waals surface area contributed by atoms with Crippen molar-refractivity contribution in [1.29, 1.82) is 0 Å². The van der Waals surface area contributed by atoms with Gasteiger partial charge in [-0.1, -0.05) is 68.4 Å². The molecule has 1 amide bonds. The average Bonchev–Trinajstić information content (AvgIpc) is 2.65. The zero-order chi connectivity index (χ0) is 17.4. The van der Waals surface area contributed by atoms with Gasteiger partial charge < -0.3 is 10.4 Å². The van der Waals surface area contributed by atoms with E-state index in [4.69, 9.17) is 0 Å². The second kappa shape index (κ2) is 9.21. The molecule has 1 atom stereocenters. The van der Waals surface area contributed by atoms with Crippen LogP contribution in [0.25, 0.3) is 0 Å². The summed E-state index contributed by atoms with van der Waals surface area (Å²) < 4.78 is 0. The minimum absolute atomic E-state index is 0.0161.